The van der Waals surface area contributed by atoms with Crippen molar-refractivity contribution in [3.63, 3.8) is 0 Å². The number of nitrogens with zero attached hydrogens (tertiary/aromatic N) is 1. The molecule has 1 heterocycles. The maximum absolute atomic E-state index is 12.3. The Labute approximate surface area is 119 Å². The van der Waals surface area contributed by atoms with E-state index in [1.165, 1.54) is 0 Å². The molecule has 1 saturated heterocycles. The molecule has 2 N–H and O–H groups in total. The Morgan fingerprint density at radius 3 is 2.83 bits per heavy atom. The molecule has 0 saturated carbocycles. The number of aliphatic hydroxyl groups excluding tert-OH is 1. The van der Waals surface area contributed by atoms with Gasteiger partial charge in [-0.05, 0) is 34.1 Å². The summed E-state index contributed by atoms with van der Waals surface area (Å²) in [5.41, 5.74) is 0.543. The normalized spacial score (nSPS) is 23.1. The molecule has 0 unspecified atom stereocenters. The Hall–Kier alpha value is -0.620. The molecule has 1 amide bonds. The van der Waals surface area contributed by atoms with Gasteiger partial charge in [-0.3, -0.25) is 4.79 Å². The Kier molecular flexibility index (Phi) is 4.27. The highest BCUT2D eigenvalue weighted by Crippen LogP contribution is 2.23. The van der Waals surface area contributed by atoms with Crippen molar-refractivity contribution in [2.24, 2.45) is 0 Å². The van der Waals surface area contributed by atoms with Crippen LogP contribution in [0.3, 0.4) is 0 Å². The van der Waals surface area contributed by atoms with Crippen LogP contribution in [0.25, 0.3) is 0 Å². The molecule has 4 nitrogen and oxygen atoms in total. The molecule has 2 rings (SSSR count). The number of benzene rings is 1. The van der Waals surface area contributed by atoms with Crippen molar-refractivity contribution in [1.82, 2.24) is 10.2 Å². The molecule has 1 aromatic rings. The fourth-order valence-electron chi connectivity index (χ4n) is 2.05. The van der Waals surface area contributed by atoms with E-state index in [0.29, 0.717) is 28.1 Å². The first-order valence-corrected chi connectivity index (χ1v) is 6.79. The van der Waals surface area contributed by atoms with Crippen molar-refractivity contribution in [1.29, 1.82) is 0 Å². The molecule has 98 valence electrons. The van der Waals surface area contributed by atoms with Gasteiger partial charge in [0.25, 0.3) is 5.91 Å². The van der Waals surface area contributed by atoms with Gasteiger partial charge in [-0.15, -0.1) is 0 Å². The molecule has 2 atom stereocenters. The zero-order valence-electron chi connectivity index (χ0n) is 9.86. The van der Waals surface area contributed by atoms with Crippen molar-refractivity contribution in [3.8, 4) is 0 Å². The minimum absolute atomic E-state index is 0.133. The van der Waals surface area contributed by atoms with Crippen LogP contribution < -0.4 is 5.32 Å². The van der Waals surface area contributed by atoms with E-state index in [1.807, 2.05) is 0 Å². The third kappa shape index (κ3) is 2.69. The molecule has 6 heteroatoms. The summed E-state index contributed by atoms with van der Waals surface area (Å²) in [7, 11) is 1.70. The van der Waals surface area contributed by atoms with Crippen molar-refractivity contribution in [2.75, 3.05) is 20.1 Å². The van der Waals surface area contributed by atoms with E-state index in [0.717, 1.165) is 0 Å². The average molecular weight is 334 g/mol. The van der Waals surface area contributed by atoms with Crippen molar-refractivity contribution in [3.05, 3.63) is 33.3 Å². The average Bonchev–Trinajstić information content (AvgIpc) is 2.74. The first-order chi connectivity index (χ1) is 8.50. The predicted molar refractivity (Wildman–Crippen MR) is 73.9 cm³/mol. The number of carbonyl (C=O) groups is 1. The molecule has 0 bridgehead atoms. The minimum atomic E-state index is -0.523. The number of likely N-dealkylation sites (N-methyl/N-ethyl adjacent to an activating group) is 1. The summed E-state index contributed by atoms with van der Waals surface area (Å²) < 4.78 is 0.660. The van der Waals surface area contributed by atoms with E-state index in [1.54, 1.807) is 30.1 Å². The van der Waals surface area contributed by atoms with Crippen LogP contribution in [0.15, 0.2) is 22.7 Å². The number of aliphatic hydroxyl groups is 1. The van der Waals surface area contributed by atoms with E-state index in [4.69, 9.17) is 11.6 Å². The van der Waals surface area contributed by atoms with Crippen molar-refractivity contribution in [2.45, 2.75) is 12.1 Å². The van der Waals surface area contributed by atoms with Gasteiger partial charge >= 0.3 is 0 Å². The summed E-state index contributed by atoms with van der Waals surface area (Å²) in [6, 6.07) is 4.85. The summed E-state index contributed by atoms with van der Waals surface area (Å²) in [6.45, 7) is 1.12. The summed E-state index contributed by atoms with van der Waals surface area (Å²) in [6.07, 6.45) is -0.523. The Morgan fingerprint density at radius 1 is 1.56 bits per heavy atom. The van der Waals surface area contributed by atoms with Gasteiger partial charge in [0.15, 0.2) is 0 Å². The van der Waals surface area contributed by atoms with Gasteiger partial charge in [0.2, 0.25) is 0 Å². The van der Waals surface area contributed by atoms with Crippen LogP contribution in [0.4, 0.5) is 0 Å². The fraction of sp³-hybridized carbons (Fsp3) is 0.417. The monoisotopic (exact) mass is 332 g/mol. The van der Waals surface area contributed by atoms with Crippen molar-refractivity contribution < 1.29 is 9.90 Å². The number of halogens is 2. The highest BCUT2D eigenvalue weighted by atomic mass is 79.9. The minimum Gasteiger partial charge on any atom is -0.390 e. The number of nitrogens with one attached hydrogen (secondary N) is 1. The lowest BCUT2D eigenvalue weighted by Crippen LogP contribution is -2.44. The summed E-state index contributed by atoms with van der Waals surface area (Å²) in [4.78, 5) is 13.9. The fourth-order valence-corrected chi connectivity index (χ4v) is 2.90. The van der Waals surface area contributed by atoms with E-state index < -0.39 is 6.10 Å². The maximum Gasteiger partial charge on any atom is 0.255 e. The molecule has 0 aromatic heterocycles. The number of rotatable bonds is 2. The van der Waals surface area contributed by atoms with Crippen molar-refractivity contribution >= 4 is 33.4 Å². The lowest BCUT2D eigenvalue weighted by Gasteiger charge is -2.26. The smallest absolute Gasteiger partial charge is 0.255 e. The zero-order chi connectivity index (χ0) is 13.3. The molecule has 0 radical (unpaired) electrons. The number of β-amino-alcohol motifs (C(OH)–C–C–N with tert-alkyl or cyclic N) is 1. The second-order valence-corrected chi connectivity index (χ2v) is 5.62. The summed E-state index contributed by atoms with van der Waals surface area (Å²) in [5.74, 6) is -0.133. The van der Waals surface area contributed by atoms with Crippen LogP contribution >= 0.6 is 27.5 Å². The topological polar surface area (TPSA) is 52.6 Å². The van der Waals surface area contributed by atoms with Gasteiger partial charge in [0, 0.05) is 29.6 Å². The van der Waals surface area contributed by atoms with Crippen LogP contribution in [-0.4, -0.2) is 48.2 Å². The first-order valence-electron chi connectivity index (χ1n) is 5.61. The Balaban J connectivity index is 2.20. The zero-order valence-corrected chi connectivity index (χ0v) is 12.2. The molecule has 1 aliphatic rings. The van der Waals surface area contributed by atoms with Crippen LogP contribution in [0.2, 0.25) is 5.02 Å². The molecule has 1 aromatic carbocycles. The second kappa shape index (κ2) is 5.57. The highest BCUT2D eigenvalue weighted by molar-refractivity contribution is 9.10. The second-order valence-electron chi connectivity index (χ2n) is 4.33. The first kappa shape index (κ1) is 13.8. The Morgan fingerprint density at radius 2 is 2.28 bits per heavy atom. The van der Waals surface area contributed by atoms with Crippen LogP contribution in [0, 0.1) is 0 Å². The molecule has 0 spiro atoms. The molecule has 0 aliphatic carbocycles. The number of amides is 1. The maximum atomic E-state index is 12.3. The van der Waals surface area contributed by atoms with Crippen LogP contribution in [-0.2, 0) is 0 Å². The van der Waals surface area contributed by atoms with Gasteiger partial charge in [0.1, 0.15) is 0 Å². The Bertz CT molecular complexity index is 469. The van der Waals surface area contributed by atoms with Gasteiger partial charge in [0.05, 0.1) is 17.7 Å². The quantitative estimate of drug-likeness (QED) is 0.862. The predicted octanol–water partition coefficient (Wildman–Crippen LogP) is 1.51. The van der Waals surface area contributed by atoms with Crippen LogP contribution in [0.5, 0.6) is 0 Å². The van der Waals surface area contributed by atoms with Gasteiger partial charge < -0.3 is 15.3 Å². The third-order valence-corrected chi connectivity index (χ3v) is 4.02. The molecular weight excluding hydrogens is 320 g/mol. The lowest BCUT2D eigenvalue weighted by atomic mass is 10.1. The third-order valence-electron chi connectivity index (χ3n) is 3.13. The SMILES string of the molecule is CN(C(=O)c1ccc(Cl)cc1Br)[C@H]1CNC[C@@H]1O. The molecule has 1 aliphatic heterocycles. The highest BCUT2D eigenvalue weighted by Gasteiger charge is 2.32. The van der Waals surface area contributed by atoms with Gasteiger partial charge in [-0.25, -0.2) is 0 Å². The van der Waals surface area contributed by atoms with Gasteiger partial charge in [-0.1, -0.05) is 11.6 Å². The molecular formula is C12H14BrClN2O2. The van der Waals surface area contributed by atoms with E-state index in [-0.39, 0.29) is 11.9 Å². The number of hydrogen-bond donors (Lipinski definition) is 2. The number of carbonyl (C=O) groups excluding carboxylic acids is 1. The lowest BCUT2D eigenvalue weighted by molar-refractivity contribution is 0.0580. The van der Waals surface area contributed by atoms with Crippen LogP contribution in [0.1, 0.15) is 10.4 Å². The van der Waals surface area contributed by atoms with E-state index in [9.17, 15) is 9.90 Å². The molecule has 18 heavy (non-hydrogen) atoms. The summed E-state index contributed by atoms with van der Waals surface area (Å²) in [5, 5.41) is 13.4. The largest absolute Gasteiger partial charge is 0.390 e. The number of hydrogen-bond acceptors (Lipinski definition) is 3. The molecule has 1 fully saturated rings. The summed E-state index contributed by atoms with van der Waals surface area (Å²) >= 11 is 9.18. The van der Waals surface area contributed by atoms with Gasteiger partial charge in [-0.2, -0.15) is 0 Å². The standard InChI is InChI=1S/C12H14BrClN2O2/c1-16(10-5-15-6-11(10)17)12(18)8-3-2-7(14)4-9(8)13/h2-4,10-11,15,17H,5-6H2,1H3/t10-,11-/m0/s1. The van der Waals surface area contributed by atoms with E-state index in [2.05, 4.69) is 21.2 Å². The van der Waals surface area contributed by atoms with E-state index >= 15 is 0 Å².